The first kappa shape index (κ1) is 24.3. The Bertz CT molecular complexity index is 1190. The van der Waals surface area contributed by atoms with E-state index in [9.17, 15) is 18.0 Å². The summed E-state index contributed by atoms with van der Waals surface area (Å²) >= 11 is 1.26. The van der Waals surface area contributed by atoms with Crippen LogP contribution in [0.5, 0.6) is 5.75 Å². The summed E-state index contributed by atoms with van der Waals surface area (Å²) in [4.78, 5) is 25.8. The van der Waals surface area contributed by atoms with E-state index in [1.54, 1.807) is 57.5 Å². The molecule has 1 fully saturated rings. The second-order valence-electron chi connectivity index (χ2n) is 9.22. The van der Waals surface area contributed by atoms with Gasteiger partial charge in [-0.3, -0.25) is 0 Å². The van der Waals surface area contributed by atoms with Gasteiger partial charge in [0.15, 0.2) is 0 Å². The SMILES string of the molecule is COc1ccc([C@H]2C=C3CN(C(=O)OC(C)(C)C)S(=O)(=O)[C@H]3C[C@H]2OC(=O)c2cccs2)cc1. The molecule has 182 valence electrons. The summed E-state index contributed by atoms with van der Waals surface area (Å²) in [6.45, 7) is 4.96. The highest BCUT2D eigenvalue weighted by Gasteiger charge is 2.51. The molecule has 1 aromatic heterocycles. The smallest absolute Gasteiger partial charge is 0.424 e. The summed E-state index contributed by atoms with van der Waals surface area (Å²) < 4.78 is 43.7. The van der Waals surface area contributed by atoms with Gasteiger partial charge in [0.1, 0.15) is 27.6 Å². The number of hydrogen-bond acceptors (Lipinski definition) is 8. The van der Waals surface area contributed by atoms with Crippen molar-refractivity contribution >= 4 is 33.4 Å². The quantitative estimate of drug-likeness (QED) is 0.450. The van der Waals surface area contributed by atoms with Gasteiger partial charge in [-0.25, -0.2) is 18.0 Å². The monoisotopic (exact) mass is 505 g/mol. The number of methoxy groups -OCH3 is 1. The molecule has 0 unspecified atom stereocenters. The Morgan fingerprint density at radius 2 is 1.82 bits per heavy atom. The molecule has 0 radical (unpaired) electrons. The maximum Gasteiger partial charge on any atom is 0.424 e. The van der Waals surface area contributed by atoms with E-state index in [1.165, 1.54) is 11.3 Å². The predicted octanol–water partition coefficient (Wildman–Crippen LogP) is 4.35. The topological polar surface area (TPSA) is 99.2 Å². The van der Waals surface area contributed by atoms with Gasteiger partial charge in [-0.05, 0) is 55.5 Å². The van der Waals surface area contributed by atoms with Gasteiger partial charge in [0.25, 0.3) is 0 Å². The molecule has 8 nitrogen and oxygen atoms in total. The minimum Gasteiger partial charge on any atom is -0.497 e. The summed E-state index contributed by atoms with van der Waals surface area (Å²) in [6.07, 6.45) is 0.215. The lowest BCUT2D eigenvalue weighted by Gasteiger charge is -2.31. The first-order valence-corrected chi connectivity index (χ1v) is 13.2. The number of fused-ring (bicyclic) bond motifs is 1. The number of ether oxygens (including phenoxy) is 3. The molecule has 2 aliphatic rings. The third kappa shape index (κ3) is 4.83. The third-order valence-corrected chi connectivity index (χ3v) is 8.68. The van der Waals surface area contributed by atoms with Crippen LogP contribution in [-0.4, -0.2) is 55.4 Å². The standard InChI is InChI=1S/C24H27NO7S2/c1-24(2,3)32-23(27)25-14-16-12-18(15-7-9-17(30-4)10-8-15)19(13-21(16)34(25,28)29)31-22(26)20-6-5-11-33-20/h5-12,18-19,21H,13-14H2,1-4H3/t18-,19-,21+/m1/s1. The largest absolute Gasteiger partial charge is 0.497 e. The number of carbonyl (C=O) groups is 2. The van der Waals surface area contributed by atoms with Crippen LogP contribution in [0.3, 0.4) is 0 Å². The van der Waals surface area contributed by atoms with E-state index in [0.717, 1.165) is 9.87 Å². The fourth-order valence-electron chi connectivity index (χ4n) is 4.16. The minimum atomic E-state index is -4.02. The molecule has 1 aliphatic heterocycles. The number of esters is 1. The molecule has 0 saturated carbocycles. The van der Waals surface area contributed by atoms with Crippen molar-refractivity contribution in [2.45, 2.75) is 50.1 Å². The van der Waals surface area contributed by atoms with Gasteiger partial charge in [0, 0.05) is 12.3 Å². The molecule has 0 spiro atoms. The highest BCUT2D eigenvalue weighted by molar-refractivity contribution is 7.90. The van der Waals surface area contributed by atoms with Gasteiger partial charge in [-0.1, -0.05) is 24.3 Å². The highest BCUT2D eigenvalue weighted by Crippen LogP contribution is 2.42. The van der Waals surface area contributed by atoms with E-state index in [4.69, 9.17) is 14.2 Å². The molecule has 10 heteroatoms. The van der Waals surface area contributed by atoms with Crippen molar-refractivity contribution in [2.75, 3.05) is 13.7 Å². The van der Waals surface area contributed by atoms with E-state index < -0.39 is 39.0 Å². The van der Waals surface area contributed by atoms with Crippen LogP contribution in [0.4, 0.5) is 4.79 Å². The summed E-state index contributed by atoms with van der Waals surface area (Å²) in [5, 5.41) is 0.812. The lowest BCUT2D eigenvalue weighted by Crippen LogP contribution is -2.40. The number of carbonyl (C=O) groups excluding carboxylic acids is 2. The number of rotatable bonds is 4. The Labute approximate surface area is 203 Å². The molecule has 0 N–H and O–H groups in total. The summed E-state index contributed by atoms with van der Waals surface area (Å²) in [5.74, 6) is -0.207. The first-order chi connectivity index (χ1) is 16.0. The summed E-state index contributed by atoms with van der Waals surface area (Å²) in [7, 11) is -2.44. The molecule has 1 saturated heterocycles. The van der Waals surface area contributed by atoms with Gasteiger partial charge < -0.3 is 14.2 Å². The van der Waals surface area contributed by atoms with Gasteiger partial charge in [-0.15, -0.1) is 11.3 Å². The molecule has 2 heterocycles. The number of amides is 1. The predicted molar refractivity (Wildman–Crippen MR) is 128 cm³/mol. The average Bonchev–Trinajstić information content (AvgIpc) is 3.39. The molecule has 34 heavy (non-hydrogen) atoms. The normalized spacial score (nSPS) is 23.6. The van der Waals surface area contributed by atoms with Crippen LogP contribution < -0.4 is 4.74 Å². The van der Waals surface area contributed by atoms with Crippen LogP contribution in [0.25, 0.3) is 0 Å². The van der Waals surface area contributed by atoms with Gasteiger partial charge in [0.05, 0.1) is 13.7 Å². The molecule has 1 aliphatic carbocycles. The van der Waals surface area contributed by atoms with Crippen LogP contribution in [0.1, 0.15) is 48.3 Å². The Kier molecular flexibility index (Phi) is 6.48. The number of benzene rings is 1. The van der Waals surface area contributed by atoms with Crippen LogP contribution in [0, 0.1) is 0 Å². The van der Waals surface area contributed by atoms with E-state index in [-0.39, 0.29) is 18.9 Å². The zero-order chi connectivity index (χ0) is 24.7. The Morgan fingerprint density at radius 1 is 1.12 bits per heavy atom. The van der Waals surface area contributed by atoms with Crippen LogP contribution in [0.15, 0.2) is 53.4 Å². The van der Waals surface area contributed by atoms with Crippen LogP contribution in [-0.2, 0) is 19.5 Å². The van der Waals surface area contributed by atoms with Crippen molar-refractivity contribution < 1.29 is 32.2 Å². The van der Waals surface area contributed by atoms with Crippen molar-refractivity contribution in [3.05, 3.63) is 63.9 Å². The van der Waals surface area contributed by atoms with Crippen molar-refractivity contribution in [2.24, 2.45) is 0 Å². The lowest BCUT2D eigenvalue weighted by atomic mass is 9.82. The van der Waals surface area contributed by atoms with E-state index in [0.29, 0.717) is 16.2 Å². The van der Waals surface area contributed by atoms with E-state index in [1.807, 2.05) is 18.2 Å². The summed E-state index contributed by atoms with van der Waals surface area (Å²) in [6, 6.07) is 10.7. The fourth-order valence-corrected chi connectivity index (χ4v) is 6.62. The zero-order valence-corrected chi connectivity index (χ0v) is 21.0. The van der Waals surface area contributed by atoms with Gasteiger partial charge >= 0.3 is 12.1 Å². The second-order valence-corrected chi connectivity index (χ2v) is 12.2. The third-order valence-electron chi connectivity index (χ3n) is 5.73. The zero-order valence-electron chi connectivity index (χ0n) is 19.4. The molecule has 4 rings (SSSR count). The average molecular weight is 506 g/mol. The number of nitrogens with zero attached hydrogens (tertiary/aromatic N) is 1. The number of sulfonamides is 1. The van der Waals surface area contributed by atoms with Gasteiger partial charge in [-0.2, -0.15) is 4.31 Å². The van der Waals surface area contributed by atoms with Crippen molar-refractivity contribution in [3.8, 4) is 5.75 Å². The maximum absolute atomic E-state index is 13.3. The Balaban J connectivity index is 1.68. The Morgan fingerprint density at radius 3 is 2.41 bits per heavy atom. The van der Waals surface area contributed by atoms with Crippen LogP contribution in [0.2, 0.25) is 0 Å². The number of thiophene rings is 1. The minimum absolute atomic E-state index is 0.0429. The first-order valence-electron chi connectivity index (χ1n) is 10.8. The molecular weight excluding hydrogens is 478 g/mol. The molecule has 2 aromatic rings. The second kappa shape index (κ2) is 9.07. The molecule has 1 aromatic carbocycles. The Hall–Kier alpha value is -2.85. The molecular formula is C24H27NO7S2. The molecule has 0 bridgehead atoms. The lowest BCUT2D eigenvalue weighted by molar-refractivity contribution is 0.0243. The van der Waals surface area contributed by atoms with Crippen LogP contribution >= 0.6 is 11.3 Å². The molecule has 3 atom stereocenters. The maximum atomic E-state index is 13.3. The summed E-state index contributed by atoms with van der Waals surface area (Å²) in [5.41, 5.74) is 0.609. The van der Waals surface area contributed by atoms with Crippen molar-refractivity contribution in [1.29, 1.82) is 0 Å². The van der Waals surface area contributed by atoms with E-state index in [2.05, 4.69) is 0 Å². The van der Waals surface area contributed by atoms with E-state index >= 15 is 0 Å². The fraction of sp³-hybridized carbons (Fsp3) is 0.417. The van der Waals surface area contributed by atoms with Crippen molar-refractivity contribution in [1.82, 2.24) is 4.31 Å². The van der Waals surface area contributed by atoms with Crippen molar-refractivity contribution in [3.63, 3.8) is 0 Å². The molecule has 1 amide bonds. The highest BCUT2D eigenvalue weighted by atomic mass is 32.2. The number of hydrogen-bond donors (Lipinski definition) is 0. The van der Waals surface area contributed by atoms with Gasteiger partial charge in [0.2, 0.25) is 10.0 Å².